The third-order valence-electron chi connectivity index (χ3n) is 15.4. The molecule has 21 nitrogen and oxygen atoms in total. The Labute approximate surface area is 501 Å². The van der Waals surface area contributed by atoms with Gasteiger partial charge in [-0.3, -0.25) is 24.0 Å². The van der Waals surface area contributed by atoms with E-state index in [1.807, 2.05) is 64.4 Å². The molecule has 5 aromatic rings. The number of aromatic nitrogens is 3. The van der Waals surface area contributed by atoms with E-state index in [2.05, 4.69) is 55.2 Å². The normalized spacial score (nSPS) is 16.7. The minimum atomic E-state index is -0.941. The number of fused-ring (bicyclic) bond motifs is 2. The van der Waals surface area contributed by atoms with Crippen molar-refractivity contribution >= 4 is 40.9 Å². The van der Waals surface area contributed by atoms with Crippen molar-refractivity contribution in [2.45, 2.75) is 130 Å². The van der Waals surface area contributed by atoms with Crippen LogP contribution in [0.3, 0.4) is 0 Å². The Kier molecular flexibility index (Phi) is 24.0. The molecule has 3 aromatic carbocycles. The molecule has 85 heavy (non-hydrogen) atoms. The zero-order valence-corrected chi connectivity index (χ0v) is 50.5. The molecule has 1 saturated heterocycles. The highest BCUT2D eigenvalue weighted by atomic mass is 32.1. The van der Waals surface area contributed by atoms with Gasteiger partial charge in [-0.2, -0.15) is 0 Å². The third-order valence-corrected chi connectivity index (χ3v) is 16.4. The predicted molar refractivity (Wildman–Crippen MR) is 320 cm³/mol. The lowest BCUT2D eigenvalue weighted by atomic mass is 9.85. The molecule has 0 saturated carbocycles. The van der Waals surface area contributed by atoms with E-state index in [0.29, 0.717) is 82.7 Å². The largest absolute Gasteiger partial charge is 0.493 e. The van der Waals surface area contributed by atoms with Crippen LogP contribution >= 0.6 is 11.3 Å². The molecule has 6 N–H and O–H groups in total. The van der Waals surface area contributed by atoms with E-state index >= 15 is 0 Å². The minimum Gasteiger partial charge on any atom is -0.493 e. The number of rotatable bonds is 33. The number of likely N-dealkylation sites (tertiary alicyclic amines) is 1. The van der Waals surface area contributed by atoms with E-state index in [1.54, 1.807) is 23.5 Å². The highest BCUT2D eigenvalue weighted by Crippen LogP contribution is 2.36. The average Bonchev–Trinajstić information content (AvgIpc) is 4.43. The molecule has 3 aliphatic rings. The fourth-order valence-corrected chi connectivity index (χ4v) is 11.4. The smallest absolute Gasteiger partial charge is 0.251 e. The highest BCUT2D eigenvalue weighted by molar-refractivity contribution is 7.13. The van der Waals surface area contributed by atoms with Gasteiger partial charge in [0.2, 0.25) is 23.6 Å². The highest BCUT2D eigenvalue weighted by Gasteiger charge is 2.44. The van der Waals surface area contributed by atoms with Crippen molar-refractivity contribution < 1.29 is 62.6 Å². The van der Waals surface area contributed by atoms with Gasteiger partial charge in [-0.1, -0.05) is 57.2 Å². The van der Waals surface area contributed by atoms with Crippen molar-refractivity contribution in [3.8, 4) is 27.4 Å². The molecular weight excluding hydrogens is 1110 g/mol. The van der Waals surface area contributed by atoms with E-state index in [0.717, 1.165) is 82.1 Å². The van der Waals surface area contributed by atoms with Gasteiger partial charge in [0.05, 0.1) is 113 Å². The van der Waals surface area contributed by atoms with Crippen LogP contribution < -0.4 is 26.0 Å². The number of ether oxygens (including phenoxy) is 6. The first-order valence-corrected chi connectivity index (χ1v) is 30.5. The summed E-state index contributed by atoms with van der Waals surface area (Å²) in [5.41, 5.74) is 10.1. The van der Waals surface area contributed by atoms with E-state index < -0.39 is 29.5 Å². The zero-order chi connectivity index (χ0) is 60.3. The van der Waals surface area contributed by atoms with Gasteiger partial charge in [0.25, 0.3) is 5.91 Å². The molecule has 0 unspecified atom stereocenters. The van der Waals surface area contributed by atoms with Crippen LogP contribution in [-0.4, -0.2) is 163 Å². The number of imidazole rings is 1. The maximum Gasteiger partial charge on any atom is 0.251 e. The van der Waals surface area contributed by atoms with E-state index in [1.165, 1.54) is 10.5 Å². The van der Waals surface area contributed by atoms with Crippen molar-refractivity contribution in [3.05, 3.63) is 111 Å². The van der Waals surface area contributed by atoms with Crippen LogP contribution in [0.1, 0.15) is 115 Å². The summed E-state index contributed by atoms with van der Waals surface area (Å²) in [7, 11) is 0. The van der Waals surface area contributed by atoms with Crippen molar-refractivity contribution in [1.29, 1.82) is 0 Å². The van der Waals surface area contributed by atoms with Crippen molar-refractivity contribution in [1.82, 2.24) is 40.7 Å². The Balaban J connectivity index is 0.607. The van der Waals surface area contributed by atoms with Gasteiger partial charge < -0.3 is 69.4 Å². The number of hydrogen-bond donors (Lipinski definition) is 6. The molecule has 2 aromatic heterocycles. The summed E-state index contributed by atoms with van der Waals surface area (Å²) in [5.74, 6) is 0.0790. The second-order valence-electron chi connectivity index (χ2n) is 22.8. The number of nitrogens with zero attached hydrogens (tertiary/aromatic N) is 4. The first-order chi connectivity index (χ1) is 41.1. The molecule has 22 heteroatoms. The third kappa shape index (κ3) is 18.4. The number of β-amino-alcohol motifs (C(OH)–C–C–N with tert-alkyl or cyclic N) is 1. The number of carbonyl (C=O) groups is 5. The van der Waals surface area contributed by atoms with E-state index in [-0.39, 0.29) is 88.5 Å². The van der Waals surface area contributed by atoms with Gasteiger partial charge in [0, 0.05) is 69.2 Å². The number of thiazole rings is 1. The molecule has 5 amide bonds. The van der Waals surface area contributed by atoms with Crippen LogP contribution in [0.15, 0.2) is 66.3 Å². The van der Waals surface area contributed by atoms with E-state index in [4.69, 9.17) is 33.4 Å². The molecule has 460 valence electrons. The van der Waals surface area contributed by atoms with Crippen molar-refractivity contribution in [3.63, 3.8) is 0 Å². The quantitative estimate of drug-likeness (QED) is 0.0275. The molecule has 1 aliphatic carbocycles. The molecule has 0 bridgehead atoms. The van der Waals surface area contributed by atoms with Gasteiger partial charge in [-0.05, 0) is 96.5 Å². The number of benzene rings is 3. The molecule has 8 rings (SSSR count). The molecule has 0 spiro atoms. The second kappa shape index (κ2) is 31.7. The minimum absolute atomic E-state index is 0.0134. The Bertz CT molecular complexity index is 3010. The number of aryl methyl sites for hydroxylation is 4. The summed E-state index contributed by atoms with van der Waals surface area (Å²) < 4.78 is 36.2. The van der Waals surface area contributed by atoms with Gasteiger partial charge in [-0.15, -0.1) is 11.3 Å². The monoisotopic (exact) mass is 1190 g/mol. The number of nitrogens with one attached hydrogen (secondary N) is 4. The molecule has 4 atom stereocenters. The Morgan fingerprint density at radius 3 is 2.12 bits per heavy atom. The zero-order valence-electron chi connectivity index (χ0n) is 49.7. The number of carbonyl (C=O) groups excluding carboxylic acids is 5. The van der Waals surface area contributed by atoms with Crippen LogP contribution in [0.2, 0.25) is 0 Å². The van der Waals surface area contributed by atoms with Crippen LogP contribution in [-0.2, 0) is 75.4 Å². The molecule has 2 aliphatic heterocycles. The first kappa shape index (κ1) is 64.4. The second-order valence-corrected chi connectivity index (χ2v) is 23.6. The lowest BCUT2D eigenvalue weighted by Gasteiger charge is -2.35. The fraction of sp³-hybridized carbons (Fsp3) is 0.540. The molecular formula is C63H84N8O13S. The van der Waals surface area contributed by atoms with Crippen LogP contribution in [0, 0.1) is 19.3 Å². The average molecular weight is 1190 g/mol. The predicted octanol–water partition coefficient (Wildman–Crippen LogP) is 5.70. The number of aliphatic hydroxyl groups is 2. The fourth-order valence-electron chi connectivity index (χ4n) is 10.6. The summed E-state index contributed by atoms with van der Waals surface area (Å²) in [4.78, 5) is 78.2. The van der Waals surface area contributed by atoms with Gasteiger partial charge in [0.1, 0.15) is 23.7 Å². The SMILES string of the molecule is Cc1ncsc1-c1ccc(CNC(=O)[C@@H]2C[C@@H](O)CN2C(=O)[C@@H](NC(=O)CCOCCOCCOCCOCCOCCC(=O)NCCCOc2cc(C(=O)N[C@@H]3CCc4ccc(-c5cn6c(n5)CCC6)cc43)cc(CO)c2C)C(C)(C)C)cc1. The van der Waals surface area contributed by atoms with Gasteiger partial charge >= 0.3 is 0 Å². The Hall–Kier alpha value is -6.63. The topological polar surface area (TPSA) is 263 Å². The summed E-state index contributed by atoms with van der Waals surface area (Å²) in [6, 6.07) is 15.7. The van der Waals surface area contributed by atoms with Crippen LogP contribution in [0.25, 0.3) is 21.7 Å². The Morgan fingerprint density at radius 1 is 0.800 bits per heavy atom. The lowest BCUT2D eigenvalue weighted by Crippen LogP contribution is -2.57. The van der Waals surface area contributed by atoms with Crippen LogP contribution in [0.4, 0.5) is 0 Å². The summed E-state index contributed by atoms with van der Waals surface area (Å²) in [6.07, 6.45) is 5.89. The van der Waals surface area contributed by atoms with Crippen LogP contribution in [0.5, 0.6) is 5.75 Å². The van der Waals surface area contributed by atoms with Crippen molar-refractivity contribution in [2.24, 2.45) is 5.41 Å². The molecule has 4 heterocycles. The maximum absolute atomic E-state index is 14.0. The van der Waals surface area contributed by atoms with E-state index in [9.17, 15) is 34.2 Å². The molecule has 0 radical (unpaired) electrons. The van der Waals surface area contributed by atoms with Crippen molar-refractivity contribution in [2.75, 3.05) is 85.8 Å². The molecule has 1 fully saturated rings. The summed E-state index contributed by atoms with van der Waals surface area (Å²) in [5, 5.41) is 32.6. The standard InChI is InChI=1S/C63H84N8O13S/c1-41-48(39-72)32-47(60(76)68-51-16-15-44-13-14-46(33-50(44)51)52-38-70-20-6-8-55(70)67-52)34-54(41)84-21-7-19-64-56(74)17-22-79-24-26-81-28-30-83-31-29-82-27-25-80-23-18-57(75)69-59(63(3,4)5)62(78)71-37-49(73)35-53(71)61(77)65-36-43-9-11-45(12-10-43)58-42(2)66-40-85-58/h9-14,32-34,38,40,49,51,53,59,72-73H,6-8,15-31,35-37,39H2,1-5H3,(H,64,74)(H,65,77)(H,68,76)(H,69,75)/t49-,51-,53+,59-/m1/s1. The summed E-state index contributed by atoms with van der Waals surface area (Å²) >= 11 is 1.57. The van der Waals surface area contributed by atoms with Gasteiger partial charge in [0.15, 0.2) is 0 Å². The lowest BCUT2D eigenvalue weighted by molar-refractivity contribution is -0.144. The first-order valence-electron chi connectivity index (χ1n) is 29.6. The number of aliphatic hydroxyl groups excluding tert-OH is 2. The Morgan fingerprint density at radius 2 is 1.47 bits per heavy atom. The number of amides is 5. The summed E-state index contributed by atoms with van der Waals surface area (Å²) in [6.45, 7) is 14.0. The number of hydrogen-bond acceptors (Lipinski definition) is 16. The van der Waals surface area contributed by atoms with Gasteiger partial charge in [-0.25, -0.2) is 9.97 Å². The maximum atomic E-state index is 14.0.